The Bertz CT molecular complexity index is 983. The third-order valence-electron chi connectivity index (χ3n) is 6.83. The fraction of sp³-hybridized carbons (Fsp3) is 0.519. The Labute approximate surface area is 218 Å². The molecule has 0 saturated heterocycles. The number of rotatable bonds is 10. The van der Waals surface area contributed by atoms with Crippen molar-refractivity contribution in [2.24, 2.45) is 0 Å². The van der Waals surface area contributed by atoms with Gasteiger partial charge in [-0.15, -0.1) is 23.5 Å². The van der Waals surface area contributed by atoms with E-state index < -0.39 is 10.7 Å². The van der Waals surface area contributed by atoms with Gasteiger partial charge in [-0.25, -0.2) is 4.31 Å². The molecule has 1 aliphatic rings. The summed E-state index contributed by atoms with van der Waals surface area (Å²) in [6.07, 6.45) is 6.75. The molecule has 1 N–H and O–H groups in total. The van der Waals surface area contributed by atoms with Crippen LogP contribution in [0, 0.1) is 0 Å². The predicted octanol–water partition coefficient (Wildman–Crippen LogP) is 7.93. The SMILES string of the molecule is CCCCC1(CC)CN(c2ccccc2)c2cc(SC)c(CSC(C)(C)C(=O)O)cc2SN1C. The molecule has 4 nitrogen and oxygen atoms in total. The number of carboxylic acids is 1. The van der Waals surface area contributed by atoms with Crippen LogP contribution in [0.1, 0.15) is 58.9 Å². The van der Waals surface area contributed by atoms with Gasteiger partial charge in [-0.2, -0.15) is 0 Å². The number of thioether (sulfide) groups is 2. The maximum absolute atomic E-state index is 11.7. The lowest BCUT2D eigenvalue weighted by Crippen LogP contribution is -2.49. The van der Waals surface area contributed by atoms with E-state index in [-0.39, 0.29) is 5.54 Å². The van der Waals surface area contributed by atoms with Crippen molar-refractivity contribution in [1.82, 2.24) is 4.31 Å². The lowest BCUT2D eigenvalue weighted by molar-refractivity contribution is -0.138. The zero-order valence-corrected chi connectivity index (χ0v) is 23.7. The summed E-state index contributed by atoms with van der Waals surface area (Å²) < 4.78 is 1.67. The van der Waals surface area contributed by atoms with Crippen molar-refractivity contribution in [3.05, 3.63) is 48.0 Å². The molecule has 3 rings (SSSR count). The lowest BCUT2D eigenvalue weighted by Gasteiger charge is -2.42. The monoisotopic (exact) mass is 518 g/mol. The molecule has 1 atom stereocenters. The molecule has 1 aliphatic heterocycles. The highest BCUT2D eigenvalue weighted by Gasteiger charge is 2.39. The molecular weight excluding hydrogens is 481 g/mol. The standard InChI is InChI=1S/C27H38N2O2S3/c1-7-9-15-27(8-2)19-29(21-13-11-10-12-14-21)22-17-23(32-6)20(16-24(22)34-28(27)5)18-33-26(3,4)25(30)31/h10-14,16-17H,7-9,15,18-19H2,1-6H3,(H,30,31). The number of anilines is 2. The quantitative estimate of drug-likeness (QED) is 0.253. The zero-order valence-electron chi connectivity index (χ0n) is 21.3. The first-order valence-corrected chi connectivity index (χ1v) is 15.0. The minimum Gasteiger partial charge on any atom is -0.480 e. The molecule has 2 aromatic carbocycles. The molecule has 0 radical (unpaired) electrons. The molecule has 0 spiro atoms. The van der Waals surface area contributed by atoms with Gasteiger partial charge in [0, 0.05) is 33.3 Å². The van der Waals surface area contributed by atoms with Gasteiger partial charge < -0.3 is 10.0 Å². The number of nitrogens with zero attached hydrogens (tertiary/aromatic N) is 2. The third kappa shape index (κ3) is 5.92. The number of hydrogen-bond donors (Lipinski definition) is 1. The maximum Gasteiger partial charge on any atom is 0.319 e. The van der Waals surface area contributed by atoms with Crippen LogP contribution in [0.15, 0.2) is 52.3 Å². The van der Waals surface area contributed by atoms with Gasteiger partial charge in [-0.1, -0.05) is 44.9 Å². The van der Waals surface area contributed by atoms with Crippen LogP contribution in [-0.4, -0.2) is 45.5 Å². The average molecular weight is 519 g/mol. The highest BCUT2D eigenvalue weighted by Crippen LogP contribution is 2.48. The number of aliphatic carboxylic acids is 1. The zero-order chi connectivity index (χ0) is 24.9. The molecule has 1 unspecified atom stereocenters. The summed E-state index contributed by atoms with van der Waals surface area (Å²) >= 11 is 5.07. The number of carboxylic acid groups (broad SMARTS) is 1. The second-order valence-corrected chi connectivity index (χ2v) is 13.0. The number of benzene rings is 2. The lowest BCUT2D eigenvalue weighted by atomic mass is 9.88. The van der Waals surface area contributed by atoms with Gasteiger partial charge in [0.25, 0.3) is 0 Å². The van der Waals surface area contributed by atoms with E-state index in [9.17, 15) is 9.90 Å². The van der Waals surface area contributed by atoms with Gasteiger partial charge in [-0.3, -0.25) is 4.79 Å². The molecule has 0 aromatic heterocycles. The van der Waals surface area contributed by atoms with Gasteiger partial charge in [0.05, 0.1) is 5.69 Å². The van der Waals surface area contributed by atoms with E-state index in [2.05, 4.69) is 78.8 Å². The highest BCUT2D eigenvalue weighted by molar-refractivity contribution is 8.01. The van der Waals surface area contributed by atoms with Crippen LogP contribution in [-0.2, 0) is 10.5 Å². The Morgan fingerprint density at radius 1 is 1.21 bits per heavy atom. The second kappa shape index (κ2) is 11.6. The smallest absolute Gasteiger partial charge is 0.319 e. The Morgan fingerprint density at radius 3 is 2.50 bits per heavy atom. The molecule has 186 valence electrons. The van der Waals surface area contributed by atoms with E-state index in [0.717, 1.165) is 19.4 Å². The fourth-order valence-corrected chi connectivity index (χ4v) is 7.13. The summed E-state index contributed by atoms with van der Waals surface area (Å²) in [6.45, 7) is 9.09. The van der Waals surface area contributed by atoms with Gasteiger partial charge in [0.15, 0.2) is 0 Å². The van der Waals surface area contributed by atoms with E-state index in [0.29, 0.717) is 5.75 Å². The number of hydrogen-bond acceptors (Lipinski definition) is 6. The maximum atomic E-state index is 11.7. The summed E-state index contributed by atoms with van der Waals surface area (Å²) in [4.78, 5) is 16.6. The summed E-state index contributed by atoms with van der Waals surface area (Å²) in [6, 6.07) is 15.3. The van der Waals surface area contributed by atoms with Crippen molar-refractivity contribution in [3.8, 4) is 0 Å². The van der Waals surface area contributed by atoms with Crippen LogP contribution >= 0.6 is 35.5 Å². The molecular formula is C27H38N2O2S3. The molecule has 0 fully saturated rings. The van der Waals surface area contributed by atoms with Crippen LogP contribution in [0.3, 0.4) is 0 Å². The van der Waals surface area contributed by atoms with Gasteiger partial charge in [-0.05, 0) is 81.8 Å². The molecule has 1 heterocycles. The second-order valence-electron chi connectivity index (χ2n) is 9.43. The van der Waals surface area contributed by atoms with E-state index >= 15 is 0 Å². The Balaban J connectivity index is 2.10. The van der Waals surface area contributed by atoms with Crippen LogP contribution in [0.5, 0.6) is 0 Å². The molecule has 0 amide bonds. The molecule has 0 saturated carbocycles. The van der Waals surface area contributed by atoms with Crippen molar-refractivity contribution in [2.75, 3.05) is 24.7 Å². The first-order chi connectivity index (χ1) is 16.2. The van der Waals surface area contributed by atoms with Crippen LogP contribution in [0.4, 0.5) is 11.4 Å². The topological polar surface area (TPSA) is 43.8 Å². The fourth-order valence-electron chi connectivity index (χ4n) is 4.31. The number of fused-ring (bicyclic) bond motifs is 1. The number of para-hydroxylation sites is 1. The first kappa shape index (κ1) is 27.3. The summed E-state index contributed by atoms with van der Waals surface area (Å²) in [7, 11) is 2.24. The van der Waals surface area contributed by atoms with Crippen molar-refractivity contribution in [1.29, 1.82) is 0 Å². The largest absolute Gasteiger partial charge is 0.480 e. The number of unbranched alkanes of at least 4 members (excludes halogenated alkanes) is 1. The molecule has 2 aromatic rings. The van der Waals surface area contributed by atoms with Gasteiger partial charge in [0.1, 0.15) is 4.75 Å². The average Bonchev–Trinajstić information content (AvgIpc) is 2.95. The van der Waals surface area contributed by atoms with E-state index in [1.165, 1.54) is 51.3 Å². The van der Waals surface area contributed by atoms with E-state index in [1.54, 1.807) is 25.6 Å². The number of carbonyl (C=O) groups is 1. The van der Waals surface area contributed by atoms with Crippen molar-refractivity contribution >= 4 is 52.8 Å². The highest BCUT2D eigenvalue weighted by atomic mass is 32.2. The van der Waals surface area contributed by atoms with Crippen molar-refractivity contribution < 1.29 is 9.90 Å². The van der Waals surface area contributed by atoms with Crippen molar-refractivity contribution in [3.63, 3.8) is 0 Å². The summed E-state index contributed by atoms with van der Waals surface area (Å²) in [5.74, 6) is -0.0985. The van der Waals surface area contributed by atoms with Crippen LogP contribution in [0.25, 0.3) is 0 Å². The Hall–Kier alpha value is -1.28. The summed E-state index contributed by atoms with van der Waals surface area (Å²) in [5.41, 5.74) is 3.73. The van der Waals surface area contributed by atoms with Crippen LogP contribution in [0.2, 0.25) is 0 Å². The first-order valence-electron chi connectivity index (χ1n) is 12.0. The van der Waals surface area contributed by atoms with Crippen LogP contribution < -0.4 is 4.90 Å². The van der Waals surface area contributed by atoms with E-state index in [1.807, 2.05) is 11.9 Å². The minimum atomic E-state index is -0.819. The van der Waals surface area contributed by atoms with Gasteiger partial charge >= 0.3 is 5.97 Å². The van der Waals surface area contributed by atoms with E-state index in [4.69, 9.17) is 0 Å². The van der Waals surface area contributed by atoms with Gasteiger partial charge in [0.2, 0.25) is 0 Å². The Morgan fingerprint density at radius 2 is 1.91 bits per heavy atom. The normalized spacial score (nSPS) is 19.1. The third-order valence-corrected chi connectivity index (χ3v) is 10.2. The minimum absolute atomic E-state index is 0.0648. The Kier molecular flexibility index (Phi) is 9.35. The molecule has 0 bridgehead atoms. The molecule has 7 heteroatoms. The number of likely N-dealkylation sites (N-methyl/N-ethyl adjacent to an activating group) is 1. The van der Waals surface area contributed by atoms with Crippen molar-refractivity contribution in [2.45, 2.75) is 79.2 Å². The molecule has 34 heavy (non-hydrogen) atoms. The molecule has 0 aliphatic carbocycles. The predicted molar refractivity (Wildman–Crippen MR) is 151 cm³/mol. The summed E-state index contributed by atoms with van der Waals surface area (Å²) in [5, 5.41) is 9.58.